The van der Waals surface area contributed by atoms with Gasteiger partial charge in [-0.2, -0.15) is 0 Å². The van der Waals surface area contributed by atoms with Crippen molar-refractivity contribution in [1.29, 1.82) is 0 Å². The molecule has 0 fully saturated rings. The molecular weight excluding hydrogens is 420 g/mol. The summed E-state index contributed by atoms with van der Waals surface area (Å²) in [4.78, 5) is 14.9. The summed E-state index contributed by atoms with van der Waals surface area (Å²) in [6, 6.07) is 11.9. The molecule has 33 heavy (non-hydrogen) atoms. The Bertz CT molecular complexity index is 963. The third-order valence-electron chi connectivity index (χ3n) is 5.40. The zero-order valence-electron chi connectivity index (χ0n) is 20.1. The Balaban J connectivity index is 1.56. The second kappa shape index (κ2) is 11.6. The van der Waals surface area contributed by atoms with Crippen LogP contribution in [0.2, 0.25) is 0 Å². The van der Waals surface area contributed by atoms with Gasteiger partial charge in [0.15, 0.2) is 23.0 Å². The van der Waals surface area contributed by atoms with Crippen molar-refractivity contribution < 1.29 is 23.7 Å². The smallest absolute Gasteiger partial charge is 0.248 e. The number of anilines is 1. The van der Waals surface area contributed by atoms with Crippen LogP contribution < -0.4 is 24.3 Å². The molecule has 7 heteroatoms. The van der Waals surface area contributed by atoms with Gasteiger partial charge >= 0.3 is 0 Å². The monoisotopic (exact) mass is 454 g/mol. The van der Waals surface area contributed by atoms with Crippen LogP contribution in [0.5, 0.6) is 23.0 Å². The Labute approximate surface area is 196 Å². The number of benzene rings is 2. The number of amides is 1. The fourth-order valence-electron chi connectivity index (χ4n) is 3.78. The summed E-state index contributed by atoms with van der Waals surface area (Å²) >= 11 is 0. The second-order valence-corrected chi connectivity index (χ2v) is 8.43. The van der Waals surface area contributed by atoms with E-state index in [1.54, 1.807) is 31.4 Å². The normalized spacial score (nSPS) is 12.7. The van der Waals surface area contributed by atoms with Crippen LogP contribution in [0.3, 0.4) is 0 Å². The predicted octanol–water partition coefficient (Wildman–Crippen LogP) is 4.96. The van der Waals surface area contributed by atoms with Gasteiger partial charge in [0, 0.05) is 36.5 Å². The lowest BCUT2D eigenvalue weighted by molar-refractivity contribution is -0.111. The number of methoxy groups -OCH3 is 1. The topological polar surface area (TPSA) is 69.3 Å². The van der Waals surface area contributed by atoms with E-state index < -0.39 is 0 Å². The molecule has 0 aliphatic carbocycles. The summed E-state index contributed by atoms with van der Waals surface area (Å²) in [6.07, 6.45) is 4.11. The largest absolute Gasteiger partial charge is 0.493 e. The molecule has 0 bridgehead atoms. The van der Waals surface area contributed by atoms with Crippen LogP contribution in [0.25, 0.3) is 6.08 Å². The molecule has 0 saturated heterocycles. The van der Waals surface area contributed by atoms with Crippen LogP contribution in [0, 0.1) is 0 Å². The van der Waals surface area contributed by atoms with Gasteiger partial charge in [0.25, 0.3) is 0 Å². The Hall–Kier alpha value is -3.19. The van der Waals surface area contributed by atoms with Crippen molar-refractivity contribution in [1.82, 2.24) is 4.90 Å². The van der Waals surface area contributed by atoms with Crippen LogP contribution in [-0.2, 0) is 4.79 Å². The van der Waals surface area contributed by atoms with E-state index in [9.17, 15) is 4.79 Å². The van der Waals surface area contributed by atoms with Crippen LogP contribution in [0.1, 0.15) is 39.7 Å². The van der Waals surface area contributed by atoms with Gasteiger partial charge in [0.1, 0.15) is 0 Å². The van der Waals surface area contributed by atoms with Gasteiger partial charge in [-0.15, -0.1) is 0 Å². The molecule has 2 aromatic carbocycles. The minimum Gasteiger partial charge on any atom is -0.493 e. The Kier molecular flexibility index (Phi) is 8.60. The van der Waals surface area contributed by atoms with E-state index in [4.69, 9.17) is 18.9 Å². The van der Waals surface area contributed by atoms with Crippen LogP contribution >= 0.6 is 0 Å². The summed E-state index contributed by atoms with van der Waals surface area (Å²) in [7, 11) is 1.60. The van der Waals surface area contributed by atoms with Gasteiger partial charge in [0.05, 0.1) is 13.7 Å². The van der Waals surface area contributed by atoms with Gasteiger partial charge in [-0.25, -0.2) is 0 Å². The lowest BCUT2D eigenvalue weighted by Crippen LogP contribution is -2.38. The highest BCUT2D eigenvalue weighted by Crippen LogP contribution is 2.33. The number of carbonyl (C=O) groups is 1. The Morgan fingerprint density at radius 3 is 2.55 bits per heavy atom. The number of fused-ring (bicyclic) bond motifs is 1. The number of nitrogens with zero attached hydrogens (tertiary/aromatic N) is 1. The first-order valence-corrected chi connectivity index (χ1v) is 11.3. The van der Waals surface area contributed by atoms with Gasteiger partial charge in [-0.1, -0.05) is 6.07 Å². The number of hydrogen-bond donors (Lipinski definition) is 1. The van der Waals surface area contributed by atoms with Gasteiger partial charge in [-0.3, -0.25) is 9.69 Å². The van der Waals surface area contributed by atoms with Crippen molar-refractivity contribution in [3.05, 3.63) is 48.0 Å². The van der Waals surface area contributed by atoms with E-state index in [0.717, 1.165) is 18.5 Å². The summed E-state index contributed by atoms with van der Waals surface area (Å²) < 4.78 is 22.1. The molecule has 1 aliphatic rings. The van der Waals surface area contributed by atoms with E-state index in [1.165, 1.54) is 6.08 Å². The van der Waals surface area contributed by atoms with E-state index in [0.29, 0.717) is 47.4 Å². The summed E-state index contributed by atoms with van der Waals surface area (Å²) in [6.45, 7) is 10.6. The van der Waals surface area contributed by atoms with E-state index in [1.807, 2.05) is 18.2 Å². The summed E-state index contributed by atoms with van der Waals surface area (Å²) in [5.74, 6) is 2.39. The van der Waals surface area contributed by atoms with Crippen molar-refractivity contribution in [2.45, 2.75) is 46.2 Å². The molecule has 2 aromatic rings. The molecule has 7 nitrogen and oxygen atoms in total. The third-order valence-corrected chi connectivity index (χ3v) is 5.40. The molecule has 178 valence electrons. The number of hydrogen-bond acceptors (Lipinski definition) is 6. The van der Waals surface area contributed by atoms with Crippen molar-refractivity contribution in [3.63, 3.8) is 0 Å². The molecular formula is C26H34N2O5. The molecule has 0 spiro atoms. The maximum atomic E-state index is 12.4. The molecule has 1 amide bonds. The fraction of sp³-hybridized carbons (Fsp3) is 0.423. The van der Waals surface area contributed by atoms with Crippen molar-refractivity contribution >= 4 is 17.7 Å². The van der Waals surface area contributed by atoms with Crippen molar-refractivity contribution in [2.24, 2.45) is 0 Å². The lowest BCUT2D eigenvalue weighted by Gasteiger charge is -2.30. The molecule has 0 aromatic heterocycles. The number of rotatable bonds is 11. The van der Waals surface area contributed by atoms with Gasteiger partial charge in [0.2, 0.25) is 12.7 Å². The number of carbonyl (C=O) groups excluding carboxylic acids is 1. The average Bonchev–Trinajstić information content (AvgIpc) is 3.25. The van der Waals surface area contributed by atoms with Crippen molar-refractivity contribution in [3.8, 4) is 23.0 Å². The van der Waals surface area contributed by atoms with Crippen LogP contribution in [-0.4, -0.2) is 49.9 Å². The first-order valence-electron chi connectivity index (χ1n) is 11.3. The molecule has 0 unspecified atom stereocenters. The zero-order chi connectivity index (χ0) is 23.8. The molecule has 1 N–H and O–H groups in total. The number of nitrogens with one attached hydrogen (secondary N) is 1. The Morgan fingerprint density at radius 1 is 1.06 bits per heavy atom. The fourth-order valence-corrected chi connectivity index (χ4v) is 3.78. The first kappa shape index (κ1) is 24.5. The number of ether oxygens (including phenoxy) is 4. The molecule has 0 radical (unpaired) electrons. The molecule has 1 aliphatic heterocycles. The minimum absolute atomic E-state index is 0.221. The van der Waals surface area contributed by atoms with E-state index in [2.05, 4.69) is 37.9 Å². The Morgan fingerprint density at radius 2 is 1.82 bits per heavy atom. The lowest BCUT2D eigenvalue weighted by atomic mass is 10.2. The van der Waals surface area contributed by atoms with Gasteiger partial charge in [-0.05, 0) is 70.0 Å². The van der Waals surface area contributed by atoms with E-state index >= 15 is 0 Å². The maximum absolute atomic E-state index is 12.4. The van der Waals surface area contributed by atoms with Crippen LogP contribution in [0.4, 0.5) is 5.69 Å². The summed E-state index contributed by atoms with van der Waals surface area (Å²) in [5.41, 5.74) is 1.49. The second-order valence-electron chi connectivity index (χ2n) is 8.43. The highest BCUT2D eigenvalue weighted by atomic mass is 16.7. The first-order chi connectivity index (χ1) is 15.9. The third kappa shape index (κ3) is 6.89. The predicted molar refractivity (Wildman–Crippen MR) is 130 cm³/mol. The van der Waals surface area contributed by atoms with Gasteiger partial charge < -0.3 is 24.3 Å². The highest BCUT2D eigenvalue weighted by Gasteiger charge is 2.14. The quantitative estimate of drug-likeness (QED) is 0.382. The average molecular weight is 455 g/mol. The highest BCUT2D eigenvalue weighted by molar-refractivity contribution is 6.02. The SMILES string of the molecule is COc1ccc(NC(=O)C=Cc2ccc3c(c2)OCO3)cc1OCCCN(C(C)C)C(C)C. The molecule has 0 atom stereocenters. The standard InChI is InChI=1S/C26H34N2O5/c1-18(2)28(19(3)4)13-6-14-31-25-16-21(9-11-22(25)30-5)27-26(29)12-8-20-7-10-23-24(15-20)33-17-32-23/h7-12,15-16,18-19H,6,13-14,17H2,1-5H3,(H,27,29). The molecule has 1 heterocycles. The maximum Gasteiger partial charge on any atom is 0.248 e. The van der Waals surface area contributed by atoms with E-state index in [-0.39, 0.29) is 12.7 Å². The molecule has 0 saturated carbocycles. The van der Waals surface area contributed by atoms with Crippen LogP contribution in [0.15, 0.2) is 42.5 Å². The zero-order valence-corrected chi connectivity index (χ0v) is 20.1. The minimum atomic E-state index is -0.242. The molecule has 3 rings (SSSR count). The summed E-state index contributed by atoms with van der Waals surface area (Å²) in [5, 5.41) is 2.87. The van der Waals surface area contributed by atoms with Crippen molar-refractivity contribution in [2.75, 3.05) is 32.4 Å².